The van der Waals surface area contributed by atoms with E-state index in [0.29, 0.717) is 17.9 Å². The number of amides is 1. The Morgan fingerprint density at radius 2 is 1.73 bits per heavy atom. The molecule has 7 heteroatoms. The monoisotopic (exact) mass is 440 g/mol. The van der Waals surface area contributed by atoms with E-state index in [0.717, 1.165) is 33.6 Å². The Balaban J connectivity index is 1.44. The molecule has 0 saturated heterocycles. The van der Waals surface area contributed by atoms with Crippen molar-refractivity contribution in [3.05, 3.63) is 84.2 Å². The highest BCUT2D eigenvalue weighted by molar-refractivity contribution is 6.03. The molecule has 0 N–H and O–H groups in total. The molecule has 1 aliphatic heterocycles. The summed E-state index contributed by atoms with van der Waals surface area (Å²) in [6, 6.07) is 21.8. The number of hydrogen-bond acceptors (Lipinski definition) is 5. The van der Waals surface area contributed by atoms with Crippen molar-refractivity contribution < 1.29 is 14.3 Å². The molecular formula is C26H24N4O3. The summed E-state index contributed by atoms with van der Waals surface area (Å²) in [7, 11) is 3.21. The molecule has 1 atom stereocenters. The van der Waals surface area contributed by atoms with Crippen LogP contribution in [0.4, 0.5) is 0 Å². The summed E-state index contributed by atoms with van der Waals surface area (Å²) in [6.07, 6.45) is 2.44. The van der Waals surface area contributed by atoms with Crippen molar-refractivity contribution in [2.75, 3.05) is 14.2 Å². The number of ether oxygens (including phenoxy) is 2. The van der Waals surface area contributed by atoms with Gasteiger partial charge in [-0.25, -0.2) is 9.99 Å². The highest BCUT2D eigenvalue weighted by Gasteiger charge is 2.31. The fourth-order valence-corrected chi connectivity index (χ4v) is 4.27. The zero-order valence-electron chi connectivity index (χ0n) is 18.7. The van der Waals surface area contributed by atoms with Crippen LogP contribution in [0, 0.1) is 0 Å². The highest BCUT2D eigenvalue weighted by Crippen LogP contribution is 2.35. The lowest BCUT2D eigenvalue weighted by Crippen LogP contribution is -2.24. The van der Waals surface area contributed by atoms with Gasteiger partial charge in [0.2, 0.25) is 5.91 Å². The van der Waals surface area contributed by atoms with E-state index in [4.69, 9.17) is 9.47 Å². The number of benzene rings is 3. The van der Waals surface area contributed by atoms with E-state index in [1.165, 1.54) is 0 Å². The van der Waals surface area contributed by atoms with Crippen LogP contribution in [0.15, 0.2) is 78.2 Å². The summed E-state index contributed by atoms with van der Waals surface area (Å²) in [5.74, 6) is 1.19. The highest BCUT2D eigenvalue weighted by atomic mass is 16.5. The van der Waals surface area contributed by atoms with E-state index in [1.54, 1.807) is 26.2 Å². The lowest BCUT2D eigenvalue weighted by Gasteiger charge is -2.20. The van der Waals surface area contributed by atoms with Gasteiger partial charge in [0.25, 0.3) is 0 Å². The predicted octanol–water partition coefficient (Wildman–Crippen LogP) is 4.74. The Morgan fingerprint density at radius 1 is 0.970 bits per heavy atom. The van der Waals surface area contributed by atoms with Gasteiger partial charge in [0.1, 0.15) is 6.33 Å². The number of hydrazone groups is 1. The average molecular weight is 441 g/mol. The van der Waals surface area contributed by atoms with Crippen molar-refractivity contribution in [3.8, 4) is 17.2 Å². The van der Waals surface area contributed by atoms with Crippen molar-refractivity contribution in [2.24, 2.45) is 5.10 Å². The molecule has 2 heterocycles. The molecule has 5 rings (SSSR count). The standard InChI is InChI=1S/C26H24N4O3/c1-17(31)30-24(15-22(28-30)19-10-13-25(32-2)26(14-19)33-3)18-8-11-20(12-9-18)29-16-27-21-6-4-5-7-23(21)29/h4-14,16,24H,15H2,1-3H3. The Morgan fingerprint density at radius 3 is 2.45 bits per heavy atom. The van der Waals surface area contributed by atoms with Gasteiger partial charge in [-0.1, -0.05) is 24.3 Å². The van der Waals surface area contributed by atoms with Gasteiger partial charge in [-0.05, 0) is 48.0 Å². The Kier molecular flexibility index (Phi) is 5.30. The lowest BCUT2D eigenvalue weighted by molar-refractivity contribution is -0.130. The van der Waals surface area contributed by atoms with Crippen molar-refractivity contribution in [1.82, 2.24) is 14.6 Å². The third-order valence-corrected chi connectivity index (χ3v) is 5.96. The molecule has 0 spiro atoms. The smallest absolute Gasteiger partial charge is 0.240 e. The second-order valence-corrected chi connectivity index (χ2v) is 7.89. The van der Waals surface area contributed by atoms with Crippen LogP contribution < -0.4 is 9.47 Å². The van der Waals surface area contributed by atoms with Crippen LogP contribution in [0.3, 0.4) is 0 Å². The first kappa shape index (κ1) is 20.8. The van der Waals surface area contributed by atoms with Crippen LogP contribution >= 0.6 is 0 Å². The first-order valence-corrected chi connectivity index (χ1v) is 10.7. The van der Waals surface area contributed by atoms with Crippen LogP contribution in [0.1, 0.15) is 30.5 Å². The van der Waals surface area contributed by atoms with Crippen LogP contribution in [0.5, 0.6) is 11.5 Å². The average Bonchev–Trinajstić information content (AvgIpc) is 3.49. The minimum absolute atomic E-state index is 0.0971. The third kappa shape index (κ3) is 3.71. The Bertz CT molecular complexity index is 1360. The molecule has 1 aliphatic rings. The van der Waals surface area contributed by atoms with Crippen LogP contribution in [0.25, 0.3) is 16.7 Å². The number of aromatic nitrogens is 2. The minimum atomic E-state index is -0.167. The lowest BCUT2D eigenvalue weighted by atomic mass is 9.98. The summed E-state index contributed by atoms with van der Waals surface area (Å²) in [5.41, 5.74) is 5.78. The van der Waals surface area contributed by atoms with E-state index in [2.05, 4.69) is 38.9 Å². The van der Waals surface area contributed by atoms with E-state index in [9.17, 15) is 4.79 Å². The fourth-order valence-electron chi connectivity index (χ4n) is 4.27. The van der Waals surface area contributed by atoms with Gasteiger partial charge < -0.3 is 9.47 Å². The van der Waals surface area contributed by atoms with E-state index < -0.39 is 0 Å². The Hall–Kier alpha value is -4.13. The number of carbonyl (C=O) groups is 1. The Labute approximate surface area is 191 Å². The molecule has 33 heavy (non-hydrogen) atoms. The van der Waals surface area contributed by atoms with Crippen molar-refractivity contribution in [2.45, 2.75) is 19.4 Å². The maximum Gasteiger partial charge on any atom is 0.240 e. The first-order valence-electron chi connectivity index (χ1n) is 10.7. The molecule has 166 valence electrons. The number of methoxy groups -OCH3 is 2. The minimum Gasteiger partial charge on any atom is -0.493 e. The number of nitrogens with zero attached hydrogens (tertiary/aromatic N) is 4. The number of para-hydroxylation sites is 2. The summed E-state index contributed by atoms with van der Waals surface area (Å²) in [5, 5.41) is 6.21. The van der Waals surface area contributed by atoms with Crippen LogP contribution in [0.2, 0.25) is 0 Å². The molecule has 1 unspecified atom stereocenters. The second kappa shape index (κ2) is 8.43. The SMILES string of the molecule is COc1ccc(C2=NN(C(C)=O)C(c3ccc(-n4cnc5ccccc54)cc3)C2)cc1OC. The number of fused-ring (bicyclic) bond motifs is 1. The fraction of sp³-hybridized carbons (Fsp3) is 0.192. The molecule has 0 aliphatic carbocycles. The molecule has 4 aromatic rings. The van der Waals surface area contributed by atoms with Crippen LogP contribution in [-0.4, -0.2) is 40.4 Å². The molecule has 0 saturated carbocycles. The first-order chi connectivity index (χ1) is 16.1. The summed E-state index contributed by atoms with van der Waals surface area (Å²) in [6.45, 7) is 1.54. The summed E-state index contributed by atoms with van der Waals surface area (Å²) in [4.78, 5) is 16.9. The van der Waals surface area contributed by atoms with Crippen molar-refractivity contribution in [3.63, 3.8) is 0 Å². The number of rotatable bonds is 5. The van der Waals surface area contributed by atoms with Gasteiger partial charge in [-0.15, -0.1) is 0 Å². The molecule has 0 bridgehead atoms. The molecule has 1 aromatic heterocycles. The van der Waals surface area contributed by atoms with Gasteiger partial charge >= 0.3 is 0 Å². The summed E-state index contributed by atoms with van der Waals surface area (Å²) < 4.78 is 12.8. The number of hydrogen-bond donors (Lipinski definition) is 0. The zero-order valence-corrected chi connectivity index (χ0v) is 18.7. The van der Waals surface area contributed by atoms with E-state index in [-0.39, 0.29) is 11.9 Å². The van der Waals surface area contributed by atoms with Crippen molar-refractivity contribution >= 4 is 22.7 Å². The van der Waals surface area contributed by atoms with Crippen molar-refractivity contribution in [1.29, 1.82) is 0 Å². The van der Waals surface area contributed by atoms with Crippen LogP contribution in [-0.2, 0) is 4.79 Å². The molecular weight excluding hydrogens is 416 g/mol. The van der Waals surface area contributed by atoms with E-state index >= 15 is 0 Å². The topological polar surface area (TPSA) is 69.0 Å². The zero-order chi connectivity index (χ0) is 22.9. The largest absolute Gasteiger partial charge is 0.493 e. The number of imidazole rings is 1. The normalized spacial score (nSPS) is 15.5. The number of carbonyl (C=O) groups excluding carboxylic acids is 1. The predicted molar refractivity (Wildman–Crippen MR) is 127 cm³/mol. The molecule has 1 amide bonds. The molecule has 0 radical (unpaired) electrons. The molecule has 7 nitrogen and oxygen atoms in total. The quantitative estimate of drug-likeness (QED) is 0.450. The van der Waals surface area contributed by atoms with Gasteiger partial charge in [0, 0.05) is 24.6 Å². The maximum atomic E-state index is 12.4. The van der Waals surface area contributed by atoms with Gasteiger partial charge in [0.05, 0.1) is 37.0 Å². The second-order valence-electron chi connectivity index (χ2n) is 7.89. The van der Waals surface area contributed by atoms with Gasteiger partial charge in [0.15, 0.2) is 11.5 Å². The van der Waals surface area contributed by atoms with Gasteiger partial charge in [-0.2, -0.15) is 5.10 Å². The molecule has 3 aromatic carbocycles. The maximum absolute atomic E-state index is 12.4. The molecule has 0 fully saturated rings. The van der Waals surface area contributed by atoms with Gasteiger partial charge in [-0.3, -0.25) is 9.36 Å². The van der Waals surface area contributed by atoms with E-state index in [1.807, 2.05) is 48.8 Å². The third-order valence-electron chi connectivity index (χ3n) is 5.96. The summed E-state index contributed by atoms with van der Waals surface area (Å²) >= 11 is 0.